The summed E-state index contributed by atoms with van der Waals surface area (Å²) >= 11 is 3.94. The molecule has 0 radical (unpaired) electrons. The van der Waals surface area contributed by atoms with Crippen LogP contribution in [0.3, 0.4) is 0 Å². The molecule has 23 fully saturated rings. The SMILES string of the molecule is CC(C)CCC1O[C@H]2C[C@H]3[C@@H]4CC[C@@H]5CCCC[C@]5(C)[C@H]4CC[C@]3(C)C2[C@@H]1C.C[C@@H]1CO[C@]2(CC1Br)O[C@H]1CC3C4CC[C@@H]5C[C@@H](O)CC[C@]5(C)C4CC[C@]3(C)[C@H]1[C@@H]2C.C[C@H]1CC[C@@]2(OC1)O[C@H]1CC3C4CC[C@@H]5C[C@@H](O)CC[C@]5(C)C4CC[C@]3(C)[C@H]1[C@@H]2C.C[C@H]1CC[C@]2(OC1)O[C@H]1CC3C4CC[C@H]5CCCC[C@]5(C)C4CC[C@]3(C)[C@H]1[C@@H]2C.[HH]. The lowest BCUT2D eigenvalue weighted by atomic mass is 9.44. The van der Waals surface area contributed by atoms with Gasteiger partial charge in [0.05, 0.1) is 62.5 Å². The first-order valence-electron chi connectivity index (χ1n) is 52.8. The fourth-order valence-corrected chi connectivity index (χ4v) is 41.2. The Kier molecular flexibility index (Phi) is 22.8. The van der Waals surface area contributed by atoms with Crippen LogP contribution in [0.4, 0.5) is 0 Å². The Labute approximate surface area is 730 Å². The minimum atomic E-state index is -0.357. The van der Waals surface area contributed by atoms with E-state index in [1.807, 2.05) is 0 Å². The molecule has 7 saturated heterocycles. The highest BCUT2D eigenvalue weighted by Gasteiger charge is 2.75. The smallest absolute Gasteiger partial charge is 0.172 e. The van der Waals surface area contributed by atoms with E-state index in [0.717, 1.165) is 183 Å². The fraction of sp³-hybridized carbons (Fsp3) is 1.00. The number of fused-ring (bicyclic) bond motifs is 28. The number of alkyl halides is 1. The molecule has 3 spiro atoms. The van der Waals surface area contributed by atoms with Gasteiger partial charge < -0.3 is 43.4 Å². The molecule has 0 aromatic heterocycles. The molecule has 7 heterocycles. The van der Waals surface area contributed by atoms with E-state index < -0.39 is 0 Å². The van der Waals surface area contributed by atoms with Crippen molar-refractivity contribution in [2.45, 2.75) is 446 Å². The van der Waals surface area contributed by atoms with E-state index in [1.165, 1.54) is 218 Å². The van der Waals surface area contributed by atoms with Crippen molar-refractivity contribution in [2.24, 2.45) is 209 Å². The Morgan fingerprint density at radius 3 is 1.09 bits per heavy atom. The lowest BCUT2D eigenvalue weighted by molar-refractivity contribution is -0.273. The van der Waals surface area contributed by atoms with Crippen molar-refractivity contribution in [3.05, 3.63) is 0 Å². The van der Waals surface area contributed by atoms with Gasteiger partial charge in [0.25, 0.3) is 0 Å². The van der Waals surface area contributed by atoms with Crippen LogP contribution in [0.25, 0.3) is 0 Å². The predicted molar refractivity (Wildman–Crippen MR) is 479 cm³/mol. The summed E-state index contributed by atoms with van der Waals surface area (Å²) in [6.45, 7) is 45.5. The van der Waals surface area contributed by atoms with Crippen molar-refractivity contribution in [1.82, 2.24) is 0 Å². The number of aliphatic hydroxyl groups is 2. The Hall–Kier alpha value is 0.120. The van der Waals surface area contributed by atoms with Crippen LogP contribution in [0.2, 0.25) is 0 Å². The number of aliphatic hydroxyl groups excluding tert-OH is 2. The Morgan fingerprint density at radius 1 is 0.347 bits per heavy atom. The summed E-state index contributed by atoms with van der Waals surface area (Å²) in [6, 6.07) is 0. The highest BCUT2D eigenvalue weighted by atomic mass is 79.9. The lowest BCUT2D eigenvalue weighted by Crippen LogP contribution is -2.55. The number of hydrogen-bond donors (Lipinski definition) is 2. The standard InChI is InChI=1S/C27H43BrO3.C27H44O3.C27H44O2.C27H46O.H2/c1-15-14-30-27(13-22(15)28)16(2)24-23(31-27)12-21-19-6-5-17-11-18(29)7-9-25(17,3)20(19)8-10-26(21,24)4;1-16-7-12-27(29-15-16)17(2)24-23(30-27)14-22-20-6-5-18-13-19(28)8-10-25(18,3)21(20)9-11-26(22,24)4;1-17-10-14-27(28-16-17)18(2)24-23(29-27)15-22-20-9-8-19-7-5-6-12-25(19,3)21(20)11-13-26(22,24)4;1-17(2)9-12-23-18(3)25-24(28-23)16-22-20-11-10-19-8-6-7-14-26(19,4)21(20)13-15-27(22,25)5;/h15-24,29H,5-14H2,1-4H3;16-24,28H,5-15H2,1-4H3;17-24H,5-16H2,1-4H3;17-25H,6-16H2,1-5H3;1H/t15-,16+,17-,18+,19?,20?,21?,22?,23+,24+,25+,26+,27-;16-,17-,18+,19-,20?,21?,22?,23-,24-,25-,26-,27+;17-,18-,19+,20?,21?,22?,23-,24-,25-,26-,27-;18-,19+,20-,21+,22+,23?,24+,25?,26+,27+;/m1001./s1. The van der Waals surface area contributed by atoms with Crippen LogP contribution in [0, 0.1) is 209 Å². The fourth-order valence-electron chi connectivity index (χ4n) is 40.6. The molecule has 2 N–H and O–H groups in total. The maximum Gasteiger partial charge on any atom is 0.172 e. The summed E-state index contributed by atoms with van der Waals surface area (Å²) in [4.78, 5) is 0.499. The average molecular weight is 1700 g/mol. The monoisotopic (exact) mass is 1700 g/mol. The molecule has 23 rings (SSSR count). The molecule has 0 aromatic rings. The van der Waals surface area contributed by atoms with Gasteiger partial charge in [-0.15, -0.1) is 0 Å². The number of hydrogen-bond acceptors (Lipinski definition) is 9. The Balaban J connectivity index is 0.000000105. The maximum atomic E-state index is 10.3. The second-order valence-corrected chi connectivity index (χ2v) is 53.1. The molecule has 7 aliphatic heterocycles. The van der Waals surface area contributed by atoms with Crippen LogP contribution in [-0.2, 0) is 33.2 Å². The van der Waals surface area contributed by atoms with E-state index in [9.17, 15) is 10.2 Å². The van der Waals surface area contributed by atoms with E-state index >= 15 is 0 Å². The molecular weight excluding hydrogens is 1520 g/mol. The average Bonchev–Trinajstić information content (AvgIpc) is 1.55. The van der Waals surface area contributed by atoms with Crippen molar-refractivity contribution in [1.29, 1.82) is 0 Å². The number of halogens is 1. The molecule has 12 unspecified atom stereocenters. The minimum absolute atomic E-state index is 0. The zero-order valence-electron chi connectivity index (χ0n) is 78.5. The maximum absolute atomic E-state index is 10.3. The zero-order chi connectivity index (χ0) is 82.3. The third kappa shape index (κ3) is 13.2. The van der Waals surface area contributed by atoms with Crippen molar-refractivity contribution >= 4 is 15.9 Å². The van der Waals surface area contributed by atoms with Crippen molar-refractivity contribution in [3.8, 4) is 0 Å². The van der Waals surface area contributed by atoms with Crippen molar-refractivity contribution < 1.29 is 44.8 Å². The van der Waals surface area contributed by atoms with Gasteiger partial charge in [0.1, 0.15) is 0 Å². The van der Waals surface area contributed by atoms with Gasteiger partial charge >= 0.3 is 0 Å². The summed E-state index contributed by atoms with van der Waals surface area (Å²) in [5.74, 6) is 21.6. The molecule has 16 aliphatic carbocycles. The van der Waals surface area contributed by atoms with Gasteiger partial charge in [-0.3, -0.25) is 0 Å². The van der Waals surface area contributed by atoms with Gasteiger partial charge in [-0.05, 0) is 410 Å². The van der Waals surface area contributed by atoms with Crippen molar-refractivity contribution in [2.75, 3.05) is 19.8 Å². The van der Waals surface area contributed by atoms with Crippen LogP contribution in [0.5, 0.6) is 0 Å². The summed E-state index contributed by atoms with van der Waals surface area (Å²) in [7, 11) is 0. The third-order valence-corrected chi connectivity index (χ3v) is 48.2. The van der Waals surface area contributed by atoms with E-state index in [0.29, 0.717) is 126 Å². The molecular formula is C108H179BrO9. The first-order chi connectivity index (χ1) is 56.2. The normalized spacial score (nSPS) is 60.8. The van der Waals surface area contributed by atoms with E-state index in [1.54, 1.807) is 0 Å². The molecule has 0 amide bonds. The minimum Gasteiger partial charge on any atom is -0.393 e. The van der Waals surface area contributed by atoms with Gasteiger partial charge in [-0.2, -0.15) is 0 Å². The summed E-state index contributed by atoms with van der Waals surface area (Å²) in [5.41, 5.74) is 4.13. The van der Waals surface area contributed by atoms with E-state index in [4.69, 9.17) is 33.2 Å². The molecule has 118 heavy (non-hydrogen) atoms. The molecule has 672 valence electrons. The first kappa shape index (κ1) is 86.2. The lowest BCUT2D eigenvalue weighted by Gasteiger charge is -2.61. The molecule has 10 heteroatoms. The van der Waals surface area contributed by atoms with E-state index in [-0.39, 0.29) is 31.0 Å². The highest BCUT2D eigenvalue weighted by Crippen LogP contribution is 2.78. The molecule has 9 nitrogen and oxygen atoms in total. The molecule has 46 atom stereocenters. The van der Waals surface area contributed by atoms with Crippen LogP contribution >= 0.6 is 15.9 Å². The number of rotatable bonds is 3. The highest BCUT2D eigenvalue weighted by molar-refractivity contribution is 9.09. The summed E-state index contributed by atoms with van der Waals surface area (Å²) in [6.07, 6.45) is 57.7. The number of ether oxygens (including phenoxy) is 7. The molecule has 23 aliphatic rings. The predicted octanol–water partition coefficient (Wildman–Crippen LogP) is 26.5. The van der Waals surface area contributed by atoms with Crippen LogP contribution in [-0.4, -0.2) is 94.9 Å². The summed E-state index contributed by atoms with van der Waals surface area (Å²) in [5, 5.41) is 20.6. The van der Waals surface area contributed by atoms with Crippen LogP contribution < -0.4 is 0 Å². The van der Waals surface area contributed by atoms with Gasteiger partial charge in [0.2, 0.25) is 0 Å². The molecule has 16 saturated carbocycles. The van der Waals surface area contributed by atoms with Gasteiger partial charge in [-0.1, -0.05) is 159 Å². The molecule has 0 aromatic carbocycles. The van der Waals surface area contributed by atoms with Crippen LogP contribution in [0.1, 0.15) is 382 Å². The van der Waals surface area contributed by atoms with Gasteiger partial charge in [0.15, 0.2) is 17.4 Å². The molecule has 0 bridgehead atoms. The van der Waals surface area contributed by atoms with Gasteiger partial charge in [-0.25, -0.2) is 0 Å². The zero-order valence-corrected chi connectivity index (χ0v) is 80.1. The van der Waals surface area contributed by atoms with E-state index in [2.05, 4.69) is 134 Å². The third-order valence-electron chi connectivity index (χ3n) is 47.0. The second kappa shape index (κ2) is 31.2. The largest absolute Gasteiger partial charge is 0.393 e. The van der Waals surface area contributed by atoms with Gasteiger partial charge in [0, 0.05) is 43.3 Å². The summed E-state index contributed by atoms with van der Waals surface area (Å²) < 4.78 is 47.0. The Bertz CT molecular complexity index is 3560. The van der Waals surface area contributed by atoms with Crippen LogP contribution in [0.15, 0.2) is 0 Å². The topological polar surface area (TPSA) is 105 Å². The quantitative estimate of drug-likeness (QED) is 0.267. The first-order valence-corrected chi connectivity index (χ1v) is 53.7. The Morgan fingerprint density at radius 2 is 0.703 bits per heavy atom. The second-order valence-electron chi connectivity index (χ2n) is 51.9. The van der Waals surface area contributed by atoms with Crippen molar-refractivity contribution in [3.63, 3.8) is 0 Å².